The summed E-state index contributed by atoms with van der Waals surface area (Å²) in [5, 5.41) is 0. The highest BCUT2D eigenvalue weighted by atomic mass is 16.5. The van der Waals surface area contributed by atoms with Crippen LogP contribution in [0.3, 0.4) is 0 Å². The molecule has 0 aromatic carbocycles. The number of nitrogens with zero attached hydrogens (tertiary/aromatic N) is 1. The molecule has 58 valence electrons. The Hall–Kier alpha value is -0.860. The maximum absolute atomic E-state index is 10.5. The summed E-state index contributed by atoms with van der Waals surface area (Å²) >= 11 is 0. The van der Waals surface area contributed by atoms with Crippen LogP contribution in [0.25, 0.3) is 0 Å². The molecular formula is C7H13NO2. The van der Waals surface area contributed by atoms with E-state index >= 15 is 0 Å². The highest BCUT2D eigenvalue weighted by Crippen LogP contribution is 1.87. The predicted molar refractivity (Wildman–Crippen MR) is 40.4 cm³/mol. The quantitative estimate of drug-likeness (QED) is 0.553. The number of carbonyl (C=O) groups excluding carboxylic acids is 1. The first-order valence-electron chi connectivity index (χ1n) is 3.37. The Balaban J connectivity index is 3.56. The lowest BCUT2D eigenvalue weighted by atomic mass is 10.3. The van der Waals surface area contributed by atoms with E-state index in [2.05, 4.69) is 9.73 Å². The van der Waals surface area contributed by atoms with Crippen LogP contribution in [-0.4, -0.2) is 18.9 Å². The van der Waals surface area contributed by atoms with Crippen molar-refractivity contribution in [3.05, 3.63) is 0 Å². The van der Waals surface area contributed by atoms with Gasteiger partial charge in [-0.1, -0.05) is 13.8 Å². The van der Waals surface area contributed by atoms with Gasteiger partial charge >= 0.3 is 6.09 Å². The van der Waals surface area contributed by atoms with Gasteiger partial charge < -0.3 is 4.74 Å². The SMILES string of the molecule is CCOC(=O)N=CC(C)C. The fraction of sp³-hybridized carbons (Fsp3) is 0.714. The van der Waals surface area contributed by atoms with Gasteiger partial charge in [-0.2, -0.15) is 4.99 Å². The summed E-state index contributed by atoms with van der Waals surface area (Å²) in [6.45, 7) is 6.03. The Morgan fingerprint density at radius 1 is 1.70 bits per heavy atom. The van der Waals surface area contributed by atoms with E-state index in [-0.39, 0.29) is 0 Å². The van der Waals surface area contributed by atoms with Crippen LogP contribution in [-0.2, 0) is 4.74 Å². The summed E-state index contributed by atoms with van der Waals surface area (Å²) in [7, 11) is 0. The molecule has 1 amide bonds. The number of aliphatic imine (C=N–C) groups is 1. The van der Waals surface area contributed by atoms with Gasteiger partial charge in [0.2, 0.25) is 0 Å². The highest BCUT2D eigenvalue weighted by molar-refractivity contribution is 5.79. The Kier molecular flexibility index (Phi) is 4.54. The summed E-state index contributed by atoms with van der Waals surface area (Å²) in [6, 6.07) is 0. The largest absolute Gasteiger partial charge is 0.448 e. The van der Waals surface area contributed by atoms with Crippen molar-refractivity contribution in [1.29, 1.82) is 0 Å². The summed E-state index contributed by atoms with van der Waals surface area (Å²) < 4.78 is 4.56. The van der Waals surface area contributed by atoms with Crippen LogP contribution >= 0.6 is 0 Å². The zero-order valence-electron chi connectivity index (χ0n) is 6.63. The minimum absolute atomic E-state index is 0.296. The van der Waals surface area contributed by atoms with Gasteiger partial charge in [-0.3, -0.25) is 0 Å². The van der Waals surface area contributed by atoms with Crippen molar-refractivity contribution >= 4 is 12.3 Å². The minimum atomic E-state index is -0.504. The molecule has 10 heavy (non-hydrogen) atoms. The Morgan fingerprint density at radius 2 is 2.30 bits per heavy atom. The molecule has 0 aliphatic rings. The molecule has 0 aromatic heterocycles. The van der Waals surface area contributed by atoms with E-state index in [0.29, 0.717) is 12.5 Å². The molecule has 0 fully saturated rings. The van der Waals surface area contributed by atoms with Gasteiger partial charge in [-0.15, -0.1) is 0 Å². The highest BCUT2D eigenvalue weighted by Gasteiger charge is 1.94. The van der Waals surface area contributed by atoms with Crippen LogP contribution in [0.2, 0.25) is 0 Å². The maximum atomic E-state index is 10.5. The van der Waals surface area contributed by atoms with Crippen molar-refractivity contribution in [2.75, 3.05) is 6.61 Å². The predicted octanol–water partition coefficient (Wildman–Crippen LogP) is 1.87. The molecule has 3 nitrogen and oxygen atoms in total. The number of hydrogen-bond acceptors (Lipinski definition) is 2. The van der Waals surface area contributed by atoms with Crippen molar-refractivity contribution in [2.45, 2.75) is 20.8 Å². The molecule has 0 rings (SSSR count). The summed E-state index contributed by atoms with van der Waals surface area (Å²) in [4.78, 5) is 14.1. The van der Waals surface area contributed by atoms with E-state index in [4.69, 9.17) is 0 Å². The molecule has 0 aliphatic carbocycles. The van der Waals surface area contributed by atoms with Crippen LogP contribution in [0, 0.1) is 5.92 Å². The van der Waals surface area contributed by atoms with Crippen molar-refractivity contribution in [2.24, 2.45) is 10.9 Å². The van der Waals surface area contributed by atoms with Crippen LogP contribution in [0.15, 0.2) is 4.99 Å². The molecule has 0 N–H and O–H groups in total. The molecule has 0 heterocycles. The third-order valence-electron chi connectivity index (χ3n) is 0.746. The average Bonchev–Trinajstić information content (AvgIpc) is 1.85. The standard InChI is InChI=1S/C7H13NO2/c1-4-10-7(9)8-5-6(2)3/h5-6H,4H2,1-3H3. The van der Waals surface area contributed by atoms with E-state index in [1.54, 1.807) is 13.1 Å². The van der Waals surface area contributed by atoms with Crippen molar-refractivity contribution in [3.63, 3.8) is 0 Å². The fourth-order valence-corrected chi connectivity index (χ4v) is 0.371. The van der Waals surface area contributed by atoms with Gasteiger partial charge in [0.1, 0.15) is 0 Å². The molecule has 0 unspecified atom stereocenters. The summed E-state index contributed by atoms with van der Waals surface area (Å²) in [5.41, 5.74) is 0. The van der Waals surface area contributed by atoms with E-state index in [1.807, 2.05) is 13.8 Å². The topological polar surface area (TPSA) is 38.7 Å². The van der Waals surface area contributed by atoms with Crippen LogP contribution in [0.4, 0.5) is 4.79 Å². The monoisotopic (exact) mass is 143 g/mol. The second kappa shape index (κ2) is 4.97. The maximum Gasteiger partial charge on any atom is 0.433 e. The molecule has 0 spiro atoms. The van der Waals surface area contributed by atoms with Crippen molar-refractivity contribution in [3.8, 4) is 0 Å². The normalized spacial score (nSPS) is 10.8. The lowest BCUT2D eigenvalue weighted by Crippen LogP contribution is -1.99. The average molecular weight is 143 g/mol. The lowest BCUT2D eigenvalue weighted by molar-refractivity contribution is 0.163. The first-order chi connectivity index (χ1) is 4.66. The first-order valence-corrected chi connectivity index (χ1v) is 3.37. The molecule has 0 saturated heterocycles. The zero-order valence-corrected chi connectivity index (χ0v) is 6.63. The molecule has 0 atom stereocenters. The summed E-state index contributed by atoms with van der Waals surface area (Å²) in [5.74, 6) is 0.296. The molecule has 0 aromatic rings. The lowest BCUT2D eigenvalue weighted by Gasteiger charge is -1.94. The van der Waals surface area contributed by atoms with E-state index < -0.39 is 6.09 Å². The summed E-state index contributed by atoms with van der Waals surface area (Å²) in [6.07, 6.45) is 1.06. The number of ether oxygens (including phenoxy) is 1. The van der Waals surface area contributed by atoms with Gasteiger partial charge in [-0.25, -0.2) is 4.79 Å². The van der Waals surface area contributed by atoms with Crippen molar-refractivity contribution < 1.29 is 9.53 Å². The van der Waals surface area contributed by atoms with Gasteiger partial charge in [0.25, 0.3) is 0 Å². The zero-order chi connectivity index (χ0) is 7.98. The molecular weight excluding hydrogens is 130 g/mol. The number of rotatable bonds is 2. The molecule has 0 aliphatic heterocycles. The van der Waals surface area contributed by atoms with Gasteiger partial charge in [0.05, 0.1) is 6.61 Å². The van der Waals surface area contributed by atoms with Gasteiger partial charge in [0.15, 0.2) is 0 Å². The van der Waals surface area contributed by atoms with Crippen LogP contribution in [0.1, 0.15) is 20.8 Å². The van der Waals surface area contributed by atoms with E-state index in [1.165, 1.54) is 0 Å². The second-order valence-corrected chi connectivity index (χ2v) is 2.22. The third kappa shape index (κ3) is 5.28. The van der Waals surface area contributed by atoms with E-state index in [0.717, 1.165) is 0 Å². The van der Waals surface area contributed by atoms with Crippen molar-refractivity contribution in [1.82, 2.24) is 0 Å². The minimum Gasteiger partial charge on any atom is -0.448 e. The molecule has 0 saturated carbocycles. The fourth-order valence-electron chi connectivity index (χ4n) is 0.371. The molecule has 0 radical (unpaired) electrons. The van der Waals surface area contributed by atoms with Gasteiger partial charge in [-0.05, 0) is 12.8 Å². The van der Waals surface area contributed by atoms with E-state index in [9.17, 15) is 4.79 Å². The smallest absolute Gasteiger partial charge is 0.433 e. The Labute approximate surface area is 61.1 Å². The molecule has 0 bridgehead atoms. The number of carbonyl (C=O) groups is 1. The Bertz CT molecular complexity index is 130. The Morgan fingerprint density at radius 3 is 2.70 bits per heavy atom. The van der Waals surface area contributed by atoms with Crippen LogP contribution < -0.4 is 0 Å². The van der Waals surface area contributed by atoms with Gasteiger partial charge in [0, 0.05) is 6.21 Å². The number of amides is 1. The molecule has 3 heteroatoms. The second-order valence-electron chi connectivity index (χ2n) is 2.22. The first kappa shape index (κ1) is 9.14. The third-order valence-corrected chi connectivity index (χ3v) is 0.746. The number of hydrogen-bond donors (Lipinski definition) is 0. The van der Waals surface area contributed by atoms with Crippen LogP contribution in [0.5, 0.6) is 0 Å².